The largest absolute Gasteiger partial charge is 0.446 e. The monoisotopic (exact) mass is 1270 g/mol. The van der Waals surface area contributed by atoms with Crippen molar-refractivity contribution < 1.29 is 26.8 Å². The average Bonchev–Trinajstić information content (AvgIpc) is 4.22. The quantitative estimate of drug-likeness (QED) is 0.136. The number of aromatic nitrogens is 17. The van der Waals surface area contributed by atoms with E-state index in [1.807, 2.05) is 129 Å². The summed E-state index contributed by atoms with van der Waals surface area (Å²) in [6.45, 7) is 45.7. The van der Waals surface area contributed by atoms with Gasteiger partial charge < -0.3 is 26.8 Å². The molecule has 0 bridgehead atoms. The molecule has 84 heavy (non-hydrogen) atoms. The van der Waals surface area contributed by atoms with E-state index in [0.717, 1.165) is 87.8 Å². The first-order chi connectivity index (χ1) is 39.5. The Kier molecular flexibility index (Phi) is 37.0. The molecule has 0 atom stereocenters. The highest BCUT2D eigenvalue weighted by Gasteiger charge is 1.95. The zero-order chi connectivity index (χ0) is 63.3. The van der Waals surface area contributed by atoms with Gasteiger partial charge >= 0.3 is 0 Å². The van der Waals surface area contributed by atoms with Gasteiger partial charge in [0.2, 0.25) is 23.6 Å². The molecule has 0 radical (unpaired) electrons. The number of aryl methyl sites for hydroxylation is 24. The Morgan fingerprint density at radius 3 is 0.786 bits per heavy atom. The lowest BCUT2D eigenvalue weighted by atomic mass is 10.4. The van der Waals surface area contributed by atoms with Crippen LogP contribution in [0.5, 0.6) is 0 Å². The van der Waals surface area contributed by atoms with Crippen LogP contribution >= 0.6 is 68.4 Å². The van der Waals surface area contributed by atoms with Crippen LogP contribution in [-0.2, 0) is 0 Å². The third-order valence-corrected chi connectivity index (χ3v) is 13.2. The van der Waals surface area contributed by atoms with Gasteiger partial charge in [0.15, 0.2) is 23.4 Å². The van der Waals surface area contributed by atoms with Crippen molar-refractivity contribution in [3.63, 3.8) is 0 Å². The zero-order valence-electron chi connectivity index (χ0n) is 52.5. The highest BCUT2D eigenvalue weighted by atomic mass is 32.1. The average molecular weight is 1270 g/mol. The van der Waals surface area contributed by atoms with Gasteiger partial charge in [-0.1, -0.05) is 15.5 Å². The molecule has 12 rings (SSSR count). The van der Waals surface area contributed by atoms with Crippen LogP contribution in [-0.4, -0.2) is 84.3 Å². The lowest BCUT2D eigenvalue weighted by molar-refractivity contribution is 0.389. The first-order valence-corrected chi connectivity index (χ1v) is 30.5. The van der Waals surface area contributed by atoms with E-state index in [1.165, 1.54) is 32.8 Å². The Bertz CT molecular complexity index is 2530. The summed E-state index contributed by atoms with van der Waals surface area (Å²) >= 11 is 9.74. The molecule has 0 aliphatic rings. The number of hydrogen-bond acceptors (Lipinski definition) is 29. The lowest BCUT2D eigenvalue weighted by Gasteiger charge is -1.73. The molecule has 456 valence electrons. The smallest absolute Gasteiger partial charge is 0.223 e. The molecule has 0 unspecified atom stereocenters. The minimum Gasteiger partial charge on any atom is -0.446 e. The molecule has 29 heteroatoms. The number of rotatable bonds is 0. The van der Waals surface area contributed by atoms with Crippen molar-refractivity contribution in [3.8, 4) is 0 Å². The van der Waals surface area contributed by atoms with Crippen molar-refractivity contribution in [3.05, 3.63) is 174 Å². The molecule has 12 aromatic heterocycles. The number of thiazole rings is 4. The Hall–Kier alpha value is -7.31. The first-order valence-electron chi connectivity index (χ1n) is 25.5. The summed E-state index contributed by atoms with van der Waals surface area (Å²) in [6, 6.07) is 1.89. The third kappa shape index (κ3) is 40.0. The molecule has 12 heterocycles. The second kappa shape index (κ2) is 41.6. The van der Waals surface area contributed by atoms with Gasteiger partial charge in [-0.25, -0.2) is 39.9 Å². The van der Waals surface area contributed by atoms with Gasteiger partial charge in [0.25, 0.3) is 0 Å². The highest BCUT2D eigenvalue weighted by Crippen LogP contribution is 2.10. The SMILES string of the molecule is Cc1cc(C)on1.Cc1cnc(C)o1.Cc1cnc(C)o1.Cc1cnc(C)s1.Cc1cnc(C)s1.Cc1csc(C)n1.Cc1csc(C)n1.Cc1nnc(C)o1.Cc1noc(C)n1.Cc1noc(C)n1.Cc1nsc(C)n1.Cc1nsc(C)n1. The summed E-state index contributed by atoms with van der Waals surface area (Å²) in [4.78, 5) is 42.3. The van der Waals surface area contributed by atoms with Gasteiger partial charge in [-0.15, -0.1) is 55.5 Å². The van der Waals surface area contributed by atoms with Crippen LogP contribution in [0.3, 0.4) is 0 Å². The molecular weight excluding hydrogens is 1190 g/mol. The second-order valence-electron chi connectivity index (χ2n) is 17.3. The second-order valence-corrected chi connectivity index (χ2v) is 24.3. The molecular formula is C55H79N17O6S6. The molecule has 0 spiro atoms. The Balaban J connectivity index is 0.000000458. The van der Waals surface area contributed by atoms with E-state index in [9.17, 15) is 0 Å². The molecule has 12 aromatic rings. The molecule has 0 aliphatic heterocycles. The lowest BCUT2D eigenvalue weighted by Crippen LogP contribution is -1.70. The van der Waals surface area contributed by atoms with Crippen molar-refractivity contribution in [2.75, 3.05) is 0 Å². The van der Waals surface area contributed by atoms with Crippen LogP contribution in [0, 0.1) is 166 Å². The van der Waals surface area contributed by atoms with Crippen LogP contribution in [0.4, 0.5) is 0 Å². The van der Waals surface area contributed by atoms with Crippen molar-refractivity contribution in [2.45, 2.75) is 166 Å². The molecule has 0 saturated carbocycles. The van der Waals surface area contributed by atoms with Gasteiger partial charge in [-0.05, 0) is 148 Å². The van der Waals surface area contributed by atoms with Gasteiger partial charge in [0, 0.05) is 91.9 Å². The van der Waals surface area contributed by atoms with E-state index in [0.29, 0.717) is 35.2 Å². The molecule has 0 saturated heterocycles. The van der Waals surface area contributed by atoms with Crippen molar-refractivity contribution in [1.82, 2.24) is 84.3 Å². The molecule has 23 nitrogen and oxygen atoms in total. The van der Waals surface area contributed by atoms with Crippen molar-refractivity contribution >= 4 is 68.4 Å². The Morgan fingerprint density at radius 2 is 0.702 bits per heavy atom. The minimum atomic E-state index is 0.623. The molecule has 0 aliphatic carbocycles. The fourth-order valence-electron chi connectivity index (χ4n) is 5.30. The summed E-state index contributed by atoms with van der Waals surface area (Å²) in [5.74, 6) is 9.72. The molecule has 0 aromatic carbocycles. The predicted octanol–water partition coefficient (Wildman–Crippen LogP) is 15.3. The molecule has 0 amide bonds. The van der Waals surface area contributed by atoms with E-state index in [1.54, 1.807) is 99.3 Å². The first kappa shape index (κ1) is 74.7. The van der Waals surface area contributed by atoms with Crippen LogP contribution in [0.2, 0.25) is 0 Å². The highest BCUT2D eigenvalue weighted by molar-refractivity contribution is 7.11. The number of hydrogen-bond donors (Lipinski definition) is 0. The molecule has 0 fully saturated rings. The summed E-state index contributed by atoms with van der Waals surface area (Å²) in [5.41, 5.74) is 3.20. The third-order valence-electron chi connectivity index (χ3n) is 8.30. The van der Waals surface area contributed by atoms with E-state index in [-0.39, 0.29) is 0 Å². The van der Waals surface area contributed by atoms with E-state index in [4.69, 9.17) is 17.8 Å². The summed E-state index contributed by atoms with van der Waals surface area (Å²) in [6.07, 6.45) is 7.19. The maximum absolute atomic E-state index is 4.97. The molecule has 0 N–H and O–H groups in total. The standard InChI is InChI=1S/3C5H7NO.4C5H7NS.3C4H6N2O.2C4H6N2S/c2*1-4-3-6-5(2)7-4;1-4-3-5(2)7-6-4;2*1-4-3-7-5(2)6-4;2*1-4-3-6-5(2)7-4;1-3-5-6-4(2)7-3;4*1-3-5-4(2)7-6-3/h7*3H,1-2H3;5*1-2H3. The van der Waals surface area contributed by atoms with Gasteiger partial charge in [0.05, 0.1) is 38.1 Å². The van der Waals surface area contributed by atoms with Gasteiger partial charge in [-0.2, -0.15) is 18.7 Å². The maximum atomic E-state index is 4.97. The summed E-state index contributed by atoms with van der Waals surface area (Å²) in [5, 5.41) is 28.7. The van der Waals surface area contributed by atoms with E-state index in [2.05, 4.69) is 118 Å². The fraction of sp³-hybridized carbons (Fsp3) is 0.436. The van der Waals surface area contributed by atoms with Crippen molar-refractivity contribution in [2.24, 2.45) is 0 Å². The topological polar surface area (TPSA) is 298 Å². The normalized spacial score (nSPS) is 9.43. The summed E-state index contributed by atoms with van der Waals surface area (Å²) < 4.78 is 36.6. The van der Waals surface area contributed by atoms with Crippen LogP contribution in [0.15, 0.2) is 68.4 Å². The Morgan fingerprint density at radius 1 is 0.310 bits per heavy atom. The van der Waals surface area contributed by atoms with Gasteiger partial charge in [-0.3, -0.25) is 0 Å². The predicted molar refractivity (Wildman–Crippen MR) is 334 cm³/mol. The van der Waals surface area contributed by atoms with Crippen molar-refractivity contribution in [1.29, 1.82) is 0 Å². The zero-order valence-corrected chi connectivity index (χ0v) is 57.4. The van der Waals surface area contributed by atoms with Crippen LogP contribution in [0.1, 0.15) is 133 Å². The Labute approximate surface area is 516 Å². The summed E-state index contributed by atoms with van der Waals surface area (Å²) in [7, 11) is 0. The van der Waals surface area contributed by atoms with Crippen LogP contribution in [0.25, 0.3) is 0 Å². The maximum Gasteiger partial charge on any atom is 0.223 e. The van der Waals surface area contributed by atoms with Crippen LogP contribution < -0.4 is 0 Å². The number of oxazole rings is 2. The number of nitrogens with zero attached hydrogens (tertiary/aromatic N) is 17. The van der Waals surface area contributed by atoms with Gasteiger partial charge in [0.1, 0.15) is 38.9 Å². The van der Waals surface area contributed by atoms with E-state index >= 15 is 0 Å². The van der Waals surface area contributed by atoms with E-state index < -0.39 is 0 Å². The minimum absolute atomic E-state index is 0.623. The fourth-order valence-corrected chi connectivity index (χ4v) is 8.79.